The first-order valence-corrected chi connectivity index (χ1v) is 39.2. The van der Waals surface area contributed by atoms with Crippen LogP contribution in [0.25, 0.3) is 182 Å². The van der Waals surface area contributed by atoms with Crippen molar-refractivity contribution >= 4 is 109 Å². The summed E-state index contributed by atoms with van der Waals surface area (Å²) in [6, 6.07) is 69.5. The number of aryl methyl sites for hydroxylation is 12. The van der Waals surface area contributed by atoms with E-state index in [1.807, 2.05) is 12.1 Å². The summed E-state index contributed by atoms with van der Waals surface area (Å²) in [5.41, 5.74) is 47.4. The molecule has 18 rings (SSSR count). The number of halogens is 1. The SMILES string of the molecule is [3H]C#Cc1ccc(-c2c3nc(c(-c4c(C)cc(C)cc4C)c4ccc([nH]4)c(-c4ccc(C#Cc5ccc(-c6c7nc(c(-c8c(C)cc(C)cc8C)c8ccc([nH]8)c(-c8ccc(Br)cc8)c8nc(c(-c9c(C)cc(C)cc9C)c9ccc6[nH]9)C=C8)C=C7)cc5)cc4)c4nc(c(-c5c(C)cc(C)cc5C)c5ccc2[nH]5)C=C4)C=C3)cc1. The van der Waals surface area contributed by atoms with Gasteiger partial charge in [0.2, 0.25) is 0 Å². The van der Waals surface area contributed by atoms with Crippen LogP contribution in [0, 0.1) is 107 Å². The van der Waals surface area contributed by atoms with Crippen LogP contribution in [0.15, 0.2) is 199 Å². The number of fused-ring (bicyclic) bond motifs is 16. The summed E-state index contributed by atoms with van der Waals surface area (Å²) in [5.74, 6) is 10.0. The summed E-state index contributed by atoms with van der Waals surface area (Å²) < 4.78 is 8.64. The Morgan fingerprint density at radius 3 is 0.664 bits per heavy atom. The molecule has 0 saturated heterocycles. The lowest BCUT2D eigenvalue weighted by molar-refractivity contribution is 1.28. The van der Waals surface area contributed by atoms with Gasteiger partial charge in [-0.1, -0.05) is 153 Å². The first kappa shape index (κ1) is 70.0. The number of benzene rings is 8. The Kier molecular flexibility index (Phi) is 17.6. The molecule has 0 fully saturated rings. The highest BCUT2D eigenvalue weighted by Crippen LogP contribution is 2.46. The van der Waals surface area contributed by atoms with Crippen molar-refractivity contribution in [3.05, 3.63) is 328 Å². The zero-order valence-corrected chi connectivity index (χ0v) is 66.8. The van der Waals surface area contributed by atoms with Crippen LogP contribution in [0.4, 0.5) is 0 Å². The van der Waals surface area contributed by atoms with Crippen LogP contribution in [-0.4, -0.2) is 39.9 Å². The van der Waals surface area contributed by atoms with Gasteiger partial charge in [0, 0.05) is 110 Å². The third kappa shape index (κ3) is 13.0. The van der Waals surface area contributed by atoms with Crippen molar-refractivity contribution < 1.29 is 1.37 Å². The first-order chi connectivity index (χ1) is 55.2. The largest absolute Gasteiger partial charge is 0.354 e. The lowest BCUT2D eigenvalue weighted by atomic mass is 9.92. The molecule has 0 spiro atoms. The molecule has 9 heteroatoms. The third-order valence-electron chi connectivity index (χ3n) is 22.4. The van der Waals surface area contributed by atoms with E-state index >= 15 is 0 Å². The van der Waals surface area contributed by atoms with Crippen molar-refractivity contribution in [3.8, 4) is 113 Å². The molecule has 0 radical (unpaired) electrons. The van der Waals surface area contributed by atoms with Gasteiger partial charge in [-0.15, -0.1) is 6.40 Å². The van der Waals surface area contributed by atoms with E-state index in [1.54, 1.807) is 0 Å². The van der Waals surface area contributed by atoms with E-state index in [2.05, 4.69) is 374 Å². The van der Waals surface area contributed by atoms with Crippen LogP contribution in [0.2, 0.25) is 0 Å². The molecule has 113 heavy (non-hydrogen) atoms. The summed E-state index contributed by atoms with van der Waals surface area (Å²) in [6.45, 7) is 26.3. The lowest BCUT2D eigenvalue weighted by Crippen LogP contribution is -1.95. The Morgan fingerprint density at radius 1 is 0.248 bits per heavy atom. The molecule has 544 valence electrons. The summed E-state index contributed by atoms with van der Waals surface area (Å²) in [5, 5.41) is 0. The second-order valence-electron chi connectivity index (χ2n) is 30.7. The summed E-state index contributed by atoms with van der Waals surface area (Å²) in [7, 11) is 0. The maximum Gasteiger partial charge on any atom is 0.124 e. The molecule has 14 aromatic rings. The molecule has 4 aliphatic rings. The molecule has 0 unspecified atom stereocenters. The molecular weight excluding hydrogens is 1440 g/mol. The van der Waals surface area contributed by atoms with Crippen LogP contribution in [0.1, 0.15) is 130 Å². The number of terminal acetylenes is 1. The number of nitrogens with zero attached hydrogens (tertiary/aromatic N) is 4. The molecule has 8 nitrogen and oxygen atoms in total. The standard InChI is InChI=1S/C104H81BrN8/c1-14-69-17-23-72(24-18-69)97-77-33-41-85(106-77)101(93-61(6)49-57(2)50-62(93)7)87-43-35-79(108-87)98(80-36-44-88(109-80)102(86-42-34-78(97)107-86)94-63(8)51-58(3)52-64(94)9)73-25-19-70(20-26-73)15-16-71-21-27-74(28-22-71)99-81-37-45-89(110-81)103(95-65(10)53-59(4)54-66(95)11)91-47-39-83(112-91)100(75-29-31-76(105)32-30-75)84-40-48-92(113-84)104(90-46-38-82(99)111-90)96-67(12)55-60(5)56-68(96)13/h1,17-56,106,109-110,113H,2-13H3/i1T. The zero-order chi connectivity index (χ0) is 78.5. The van der Waals surface area contributed by atoms with Gasteiger partial charge in [-0.05, 0) is 318 Å². The number of H-pyrrole nitrogens is 4. The van der Waals surface area contributed by atoms with E-state index in [4.69, 9.17) is 21.3 Å². The average Bonchev–Trinajstić information content (AvgIpc) is 1.61. The number of nitrogens with one attached hydrogen (secondary N) is 4. The fourth-order valence-corrected chi connectivity index (χ4v) is 18.2. The quantitative estimate of drug-likeness (QED) is 0.113. The molecule has 16 bridgehead atoms. The Morgan fingerprint density at radius 2 is 0.442 bits per heavy atom. The molecule has 10 heterocycles. The molecule has 6 aromatic heterocycles. The minimum absolute atomic E-state index is 0.771. The Bertz CT molecular complexity index is 6880. The third-order valence-corrected chi connectivity index (χ3v) is 22.9. The monoisotopic (exact) mass is 1520 g/mol. The molecular formula is C104H81BrN8. The van der Waals surface area contributed by atoms with E-state index in [9.17, 15) is 0 Å². The van der Waals surface area contributed by atoms with Crippen LogP contribution in [-0.2, 0) is 0 Å². The fourth-order valence-electron chi connectivity index (χ4n) is 17.9. The number of rotatable bonds is 8. The van der Waals surface area contributed by atoms with Gasteiger partial charge in [0.1, 0.15) is 1.37 Å². The number of hydrogen-bond acceptors (Lipinski definition) is 4. The van der Waals surface area contributed by atoms with Crippen molar-refractivity contribution in [2.75, 3.05) is 0 Å². The van der Waals surface area contributed by atoms with Gasteiger partial charge in [0.05, 0.1) is 45.6 Å². The van der Waals surface area contributed by atoms with Gasteiger partial charge in [0.25, 0.3) is 0 Å². The number of aromatic amines is 4. The zero-order valence-electron chi connectivity index (χ0n) is 66.3. The lowest BCUT2D eigenvalue weighted by Gasteiger charge is -2.13. The molecule has 0 saturated carbocycles. The normalized spacial score (nSPS) is 12.1. The van der Waals surface area contributed by atoms with E-state index in [0.29, 0.717) is 0 Å². The average molecular weight is 1520 g/mol. The van der Waals surface area contributed by atoms with Gasteiger partial charge < -0.3 is 19.9 Å². The van der Waals surface area contributed by atoms with Crippen molar-refractivity contribution in [2.24, 2.45) is 0 Å². The van der Waals surface area contributed by atoms with Crippen molar-refractivity contribution in [3.63, 3.8) is 0 Å². The molecule has 0 amide bonds. The van der Waals surface area contributed by atoms with Crippen LogP contribution < -0.4 is 0 Å². The minimum Gasteiger partial charge on any atom is -0.354 e. The first-order valence-electron chi connectivity index (χ1n) is 38.9. The Labute approximate surface area is 669 Å². The van der Waals surface area contributed by atoms with Gasteiger partial charge >= 0.3 is 0 Å². The maximum absolute atomic E-state index is 7.64. The molecule has 0 aliphatic carbocycles. The van der Waals surface area contributed by atoms with Gasteiger partial charge in [0.15, 0.2) is 0 Å². The summed E-state index contributed by atoms with van der Waals surface area (Å²) >= 11 is 3.72. The van der Waals surface area contributed by atoms with Crippen molar-refractivity contribution in [1.82, 2.24) is 39.9 Å². The molecule has 0 atom stereocenters. The van der Waals surface area contributed by atoms with Gasteiger partial charge in [-0.2, -0.15) is 0 Å². The van der Waals surface area contributed by atoms with E-state index in [0.717, 1.165) is 222 Å². The minimum atomic E-state index is 0.771. The van der Waals surface area contributed by atoms with Gasteiger partial charge in [-0.3, -0.25) is 0 Å². The molecule has 4 aliphatic heterocycles. The fraction of sp³-hybridized carbons (Fsp3) is 0.115. The predicted octanol–water partition coefficient (Wildman–Crippen LogP) is 26.8. The van der Waals surface area contributed by atoms with Crippen molar-refractivity contribution in [2.45, 2.75) is 83.1 Å². The Hall–Kier alpha value is -13.4. The van der Waals surface area contributed by atoms with Crippen molar-refractivity contribution in [1.29, 1.82) is 0 Å². The highest BCUT2D eigenvalue weighted by molar-refractivity contribution is 9.10. The van der Waals surface area contributed by atoms with Crippen LogP contribution >= 0.6 is 15.9 Å². The highest BCUT2D eigenvalue weighted by atomic mass is 79.9. The van der Waals surface area contributed by atoms with E-state index in [1.165, 1.54) is 44.5 Å². The predicted molar refractivity (Wildman–Crippen MR) is 480 cm³/mol. The summed E-state index contributed by atoms with van der Waals surface area (Å²) in [4.78, 5) is 38.6. The number of hydrogen-bond donors (Lipinski definition) is 4. The van der Waals surface area contributed by atoms with Crippen LogP contribution in [0.5, 0.6) is 0 Å². The summed E-state index contributed by atoms with van der Waals surface area (Å²) in [6.07, 6.45) is 19.6. The van der Waals surface area contributed by atoms with E-state index in [-0.39, 0.29) is 0 Å². The smallest absolute Gasteiger partial charge is 0.124 e. The highest BCUT2D eigenvalue weighted by Gasteiger charge is 2.26. The van der Waals surface area contributed by atoms with Crippen LogP contribution in [0.3, 0.4) is 0 Å². The second-order valence-corrected chi connectivity index (χ2v) is 31.6. The Balaban J connectivity index is 0.794. The molecule has 8 aromatic carbocycles. The topological polar surface area (TPSA) is 115 Å². The number of aromatic nitrogens is 8. The second kappa shape index (κ2) is 28.5. The van der Waals surface area contributed by atoms with Gasteiger partial charge in [-0.25, -0.2) is 19.9 Å². The maximum atomic E-state index is 7.64. The van der Waals surface area contributed by atoms with E-state index < -0.39 is 0 Å². The molecule has 4 N–H and O–H groups in total.